The number of hydrogen-bond donors (Lipinski definition) is 0. The van der Waals surface area contributed by atoms with E-state index < -0.39 is 5.97 Å². The molecule has 0 N–H and O–H groups in total. The third kappa shape index (κ3) is 4.78. The monoisotopic (exact) mass is 262 g/mol. The van der Waals surface area contributed by atoms with Crippen molar-refractivity contribution >= 4 is 5.97 Å². The minimum atomic E-state index is -0.421. The predicted molar refractivity (Wildman–Crippen MR) is 76.1 cm³/mol. The summed E-state index contributed by atoms with van der Waals surface area (Å²) < 4.78 is 10.6. The summed E-state index contributed by atoms with van der Waals surface area (Å²) in [5.74, 6) is 0.554. The minimum Gasteiger partial charge on any atom is -0.460 e. The van der Waals surface area contributed by atoms with Crippen LogP contribution < -0.4 is 4.74 Å². The molecule has 1 rings (SSSR count). The maximum atomic E-state index is 11.7. The molecule has 0 unspecified atom stereocenters. The number of esters is 1. The lowest BCUT2D eigenvalue weighted by atomic mass is 10.1. The van der Waals surface area contributed by atoms with E-state index in [-0.39, 0.29) is 5.76 Å². The van der Waals surface area contributed by atoms with E-state index in [0.29, 0.717) is 6.61 Å². The normalized spacial score (nSPS) is 11.2. The number of carbonyl (C=O) groups is 1. The highest BCUT2D eigenvalue weighted by molar-refractivity contribution is 5.86. The summed E-state index contributed by atoms with van der Waals surface area (Å²) in [6.07, 6.45) is 4.81. The summed E-state index contributed by atoms with van der Waals surface area (Å²) in [6.45, 7) is 6.04. The molecule has 19 heavy (non-hydrogen) atoms. The minimum absolute atomic E-state index is 0.241. The zero-order valence-electron chi connectivity index (χ0n) is 11.9. The molecule has 3 heteroatoms. The van der Waals surface area contributed by atoms with E-state index in [0.717, 1.165) is 30.6 Å². The molecule has 0 fully saturated rings. The second-order valence-electron chi connectivity index (χ2n) is 4.19. The van der Waals surface area contributed by atoms with Crippen LogP contribution in [0, 0.1) is 0 Å². The van der Waals surface area contributed by atoms with Gasteiger partial charge < -0.3 is 9.47 Å². The van der Waals surface area contributed by atoms with Gasteiger partial charge in [0, 0.05) is 0 Å². The number of aryl methyl sites for hydroxylation is 1. The Bertz CT molecular complexity index is 435. The molecule has 104 valence electrons. The van der Waals surface area contributed by atoms with Gasteiger partial charge in [-0.3, -0.25) is 0 Å². The molecule has 3 nitrogen and oxygen atoms in total. The quantitative estimate of drug-likeness (QED) is 0.425. The number of allylic oxidation sites excluding steroid dienone is 1. The van der Waals surface area contributed by atoms with Crippen molar-refractivity contribution in [3.8, 4) is 5.75 Å². The van der Waals surface area contributed by atoms with Crippen molar-refractivity contribution < 1.29 is 14.3 Å². The predicted octanol–water partition coefficient (Wildman–Crippen LogP) is 3.87. The van der Waals surface area contributed by atoms with Gasteiger partial charge in [0.05, 0.1) is 6.61 Å². The van der Waals surface area contributed by atoms with Crippen LogP contribution in [0.1, 0.15) is 39.2 Å². The highest BCUT2D eigenvalue weighted by Crippen LogP contribution is 2.22. The van der Waals surface area contributed by atoms with Crippen LogP contribution >= 0.6 is 0 Å². The van der Waals surface area contributed by atoms with Gasteiger partial charge in [-0.1, -0.05) is 31.5 Å². The molecule has 0 saturated heterocycles. The lowest BCUT2D eigenvalue weighted by Gasteiger charge is -2.12. The fourth-order valence-electron chi connectivity index (χ4n) is 1.72. The van der Waals surface area contributed by atoms with Gasteiger partial charge in [0.1, 0.15) is 5.75 Å². The molecule has 0 aliphatic carbocycles. The maximum absolute atomic E-state index is 11.7. The maximum Gasteiger partial charge on any atom is 0.373 e. The summed E-state index contributed by atoms with van der Waals surface area (Å²) in [4.78, 5) is 11.7. The number of benzene rings is 1. The Morgan fingerprint density at radius 3 is 2.63 bits per heavy atom. The van der Waals surface area contributed by atoms with Crippen molar-refractivity contribution in [2.45, 2.75) is 40.0 Å². The van der Waals surface area contributed by atoms with Gasteiger partial charge in [-0.15, -0.1) is 0 Å². The smallest absolute Gasteiger partial charge is 0.373 e. The Kier molecular flexibility index (Phi) is 6.72. The first kappa shape index (κ1) is 15.3. The summed E-state index contributed by atoms with van der Waals surface area (Å²) in [6, 6.07) is 7.80. The Hall–Kier alpha value is -1.77. The first-order chi connectivity index (χ1) is 9.22. The average molecular weight is 262 g/mol. The van der Waals surface area contributed by atoms with Gasteiger partial charge in [0.25, 0.3) is 0 Å². The van der Waals surface area contributed by atoms with Gasteiger partial charge in [-0.2, -0.15) is 0 Å². The molecule has 0 aliphatic heterocycles. The molecule has 0 bridgehead atoms. The first-order valence-electron chi connectivity index (χ1n) is 6.82. The number of carbonyl (C=O) groups excluding carboxylic acids is 1. The average Bonchev–Trinajstić information content (AvgIpc) is 2.43. The lowest BCUT2D eigenvalue weighted by Crippen LogP contribution is -2.13. The molecule has 0 saturated carbocycles. The molecule has 0 heterocycles. The van der Waals surface area contributed by atoms with Crippen molar-refractivity contribution in [2.75, 3.05) is 6.61 Å². The second-order valence-corrected chi connectivity index (χ2v) is 4.19. The van der Waals surface area contributed by atoms with E-state index in [4.69, 9.17) is 9.47 Å². The highest BCUT2D eigenvalue weighted by Gasteiger charge is 2.13. The Morgan fingerprint density at radius 1 is 1.26 bits per heavy atom. The number of para-hydroxylation sites is 1. The fourth-order valence-corrected chi connectivity index (χ4v) is 1.72. The third-order valence-electron chi connectivity index (χ3n) is 2.73. The Labute approximate surface area is 115 Å². The van der Waals surface area contributed by atoms with Crippen molar-refractivity contribution in [3.05, 3.63) is 41.7 Å². The van der Waals surface area contributed by atoms with Crippen LogP contribution in [0.2, 0.25) is 0 Å². The zero-order valence-corrected chi connectivity index (χ0v) is 11.9. The van der Waals surface area contributed by atoms with Crippen molar-refractivity contribution in [2.24, 2.45) is 0 Å². The largest absolute Gasteiger partial charge is 0.460 e. The summed E-state index contributed by atoms with van der Waals surface area (Å²) >= 11 is 0. The number of unbranched alkanes of at least 4 members (excludes halogenated alkanes) is 1. The molecule has 0 radical (unpaired) electrons. The lowest BCUT2D eigenvalue weighted by molar-refractivity contribution is -0.141. The van der Waals surface area contributed by atoms with Crippen LogP contribution in [-0.4, -0.2) is 12.6 Å². The van der Waals surface area contributed by atoms with E-state index >= 15 is 0 Å². The highest BCUT2D eigenvalue weighted by atomic mass is 16.6. The van der Waals surface area contributed by atoms with E-state index in [1.54, 1.807) is 19.9 Å². The van der Waals surface area contributed by atoms with Crippen LogP contribution in [0.25, 0.3) is 0 Å². The molecular formula is C16H22O3. The van der Waals surface area contributed by atoms with E-state index in [9.17, 15) is 4.79 Å². The standard InChI is InChI=1S/C16H22O3/c1-4-7-10-13-11-8-9-12-15(13)19-14(5-2)16(17)18-6-3/h5,8-9,11-12H,4,6-7,10H2,1-3H3/b14-5-. The van der Waals surface area contributed by atoms with Crippen LogP contribution in [0.4, 0.5) is 0 Å². The fraction of sp³-hybridized carbons (Fsp3) is 0.438. The molecule has 1 aromatic rings. The molecule has 1 aromatic carbocycles. The Morgan fingerprint density at radius 2 is 2.00 bits per heavy atom. The molecule has 0 aliphatic rings. The zero-order chi connectivity index (χ0) is 14.1. The van der Waals surface area contributed by atoms with Crippen LogP contribution in [0.15, 0.2) is 36.1 Å². The van der Waals surface area contributed by atoms with E-state index in [1.807, 2.05) is 24.3 Å². The van der Waals surface area contributed by atoms with E-state index in [1.165, 1.54) is 0 Å². The number of rotatable bonds is 7. The molecular weight excluding hydrogens is 240 g/mol. The van der Waals surface area contributed by atoms with Gasteiger partial charge in [0.2, 0.25) is 5.76 Å². The van der Waals surface area contributed by atoms with Crippen LogP contribution in [0.5, 0.6) is 5.75 Å². The molecule has 0 aromatic heterocycles. The van der Waals surface area contributed by atoms with Crippen molar-refractivity contribution in [1.82, 2.24) is 0 Å². The Balaban J connectivity index is 2.82. The summed E-state index contributed by atoms with van der Waals surface area (Å²) in [7, 11) is 0. The summed E-state index contributed by atoms with van der Waals surface area (Å²) in [5, 5.41) is 0. The van der Waals surface area contributed by atoms with Gasteiger partial charge in [-0.25, -0.2) is 4.79 Å². The topological polar surface area (TPSA) is 35.5 Å². The third-order valence-corrected chi connectivity index (χ3v) is 2.73. The second kappa shape index (κ2) is 8.35. The number of hydrogen-bond acceptors (Lipinski definition) is 3. The molecule has 0 atom stereocenters. The van der Waals surface area contributed by atoms with Crippen molar-refractivity contribution in [3.63, 3.8) is 0 Å². The van der Waals surface area contributed by atoms with Crippen molar-refractivity contribution in [1.29, 1.82) is 0 Å². The first-order valence-corrected chi connectivity index (χ1v) is 6.82. The van der Waals surface area contributed by atoms with E-state index in [2.05, 4.69) is 6.92 Å². The van der Waals surface area contributed by atoms with Crippen LogP contribution in [-0.2, 0) is 16.0 Å². The van der Waals surface area contributed by atoms with Gasteiger partial charge >= 0.3 is 5.97 Å². The molecule has 0 amide bonds. The van der Waals surface area contributed by atoms with Crippen LogP contribution in [0.3, 0.4) is 0 Å². The molecule has 0 spiro atoms. The van der Waals surface area contributed by atoms with Gasteiger partial charge in [0.15, 0.2) is 0 Å². The summed E-state index contributed by atoms with van der Waals surface area (Å²) in [5.41, 5.74) is 1.12. The SMILES string of the molecule is C/C=C(\Oc1ccccc1CCCC)C(=O)OCC. The van der Waals surface area contributed by atoms with Gasteiger partial charge in [-0.05, 0) is 44.4 Å². The number of ether oxygens (including phenoxy) is 2.